The van der Waals surface area contributed by atoms with E-state index in [4.69, 9.17) is 0 Å². The Labute approximate surface area is 94.3 Å². The van der Waals surface area contributed by atoms with E-state index < -0.39 is 0 Å². The summed E-state index contributed by atoms with van der Waals surface area (Å²) in [5, 5.41) is 4.39. The molecule has 1 aliphatic rings. The van der Waals surface area contributed by atoms with Crippen molar-refractivity contribution in [3.05, 3.63) is 36.3 Å². The minimum absolute atomic E-state index is 0. The smallest absolute Gasteiger partial charge is 0.116 e. The van der Waals surface area contributed by atoms with Crippen LogP contribution in [-0.2, 0) is 0 Å². The van der Waals surface area contributed by atoms with E-state index in [0.717, 1.165) is 24.0 Å². The van der Waals surface area contributed by atoms with Gasteiger partial charge in [-0.05, 0) is 11.6 Å². The molecule has 1 aliphatic heterocycles. The molecule has 2 aromatic rings. The molecule has 2 heterocycles. The molecule has 1 aromatic heterocycles. The molecule has 0 saturated carbocycles. The number of hydrogen-bond donors (Lipinski definition) is 1. The Morgan fingerprint density at radius 1 is 1.27 bits per heavy atom. The molecule has 0 amide bonds. The summed E-state index contributed by atoms with van der Waals surface area (Å²) < 4.78 is 0. The molecule has 0 unspecified atom stereocenters. The average Bonchev–Trinajstić information content (AvgIpc) is 2.15. The summed E-state index contributed by atoms with van der Waals surface area (Å²) in [6, 6.07) is 6.45. The fourth-order valence-corrected chi connectivity index (χ4v) is 1.77. The highest BCUT2D eigenvalue weighted by molar-refractivity contribution is 5.85. The third-order valence-electron chi connectivity index (χ3n) is 2.78. The number of hydrogen-bond acceptors (Lipinski definition) is 3. The van der Waals surface area contributed by atoms with E-state index in [2.05, 4.69) is 33.5 Å². The van der Waals surface area contributed by atoms with E-state index in [1.165, 1.54) is 5.56 Å². The molecule has 0 spiro atoms. The number of halogens is 1. The summed E-state index contributed by atoms with van der Waals surface area (Å²) in [4.78, 5) is 8.25. The van der Waals surface area contributed by atoms with Crippen LogP contribution in [0.15, 0.2) is 30.7 Å². The lowest BCUT2D eigenvalue weighted by molar-refractivity contribution is 0.448. The molecule has 3 nitrogen and oxygen atoms in total. The van der Waals surface area contributed by atoms with Gasteiger partial charge in [0, 0.05) is 30.6 Å². The van der Waals surface area contributed by atoms with Gasteiger partial charge in [-0.1, -0.05) is 12.1 Å². The van der Waals surface area contributed by atoms with Gasteiger partial charge in [-0.15, -0.1) is 12.4 Å². The third kappa shape index (κ3) is 1.80. The van der Waals surface area contributed by atoms with Gasteiger partial charge in [-0.2, -0.15) is 0 Å². The molecule has 1 aromatic carbocycles. The Hall–Kier alpha value is -1.19. The number of aromatic nitrogens is 2. The van der Waals surface area contributed by atoms with Crippen LogP contribution in [0.4, 0.5) is 0 Å². The predicted octanol–water partition coefficient (Wildman–Crippen LogP) is 1.74. The first kappa shape index (κ1) is 10.3. The first-order valence-electron chi connectivity index (χ1n) is 4.84. The van der Waals surface area contributed by atoms with Gasteiger partial charge in [0.2, 0.25) is 0 Å². The number of nitrogens with zero attached hydrogens (tertiary/aromatic N) is 2. The lowest BCUT2D eigenvalue weighted by Gasteiger charge is -2.27. The maximum atomic E-state index is 4.25. The van der Waals surface area contributed by atoms with Gasteiger partial charge in [-0.3, -0.25) is 0 Å². The summed E-state index contributed by atoms with van der Waals surface area (Å²) in [5.74, 6) is 0.675. The van der Waals surface area contributed by atoms with Gasteiger partial charge in [-0.25, -0.2) is 9.97 Å². The van der Waals surface area contributed by atoms with Crippen LogP contribution in [0.3, 0.4) is 0 Å². The lowest BCUT2D eigenvalue weighted by atomic mass is 9.93. The van der Waals surface area contributed by atoms with E-state index in [1.54, 1.807) is 6.33 Å². The highest BCUT2D eigenvalue weighted by atomic mass is 35.5. The van der Waals surface area contributed by atoms with Crippen molar-refractivity contribution in [1.29, 1.82) is 0 Å². The van der Waals surface area contributed by atoms with Crippen LogP contribution in [0.2, 0.25) is 0 Å². The van der Waals surface area contributed by atoms with Crippen molar-refractivity contribution in [2.45, 2.75) is 5.92 Å². The lowest BCUT2D eigenvalue weighted by Crippen LogP contribution is -2.39. The Morgan fingerprint density at radius 2 is 2.13 bits per heavy atom. The maximum absolute atomic E-state index is 4.25. The quantitative estimate of drug-likeness (QED) is 0.797. The summed E-state index contributed by atoms with van der Waals surface area (Å²) >= 11 is 0. The van der Waals surface area contributed by atoms with Gasteiger partial charge in [0.05, 0.1) is 5.52 Å². The van der Waals surface area contributed by atoms with Crippen LogP contribution in [0.25, 0.3) is 10.9 Å². The largest absolute Gasteiger partial charge is 0.315 e. The van der Waals surface area contributed by atoms with Crippen LogP contribution in [-0.4, -0.2) is 23.1 Å². The van der Waals surface area contributed by atoms with E-state index in [1.807, 2.05) is 6.20 Å². The van der Waals surface area contributed by atoms with Gasteiger partial charge in [0.1, 0.15) is 6.33 Å². The van der Waals surface area contributed by atoms with Crippen molar-refractivity contribution in [2.75, 3.05) is 13.1 Å². The van der Waals surface area contributed by atoms with Crippen molar-refractivity contribution >= 4 is 23.3 Å². The Kier molecular flexibility index (Phi) is 2.84. The van der Waals surface area contributed by atoms with Gasteiger partial charge >= 0.3 is 0 Å². The van der Waals surface area contributed by atoms with Crippen LogP contribution >= 0.6 is 12.4 Å². The summed E-state index contributed by atoms with van der Waals surface area (Å²) in [6.07, 6.45) is 3.45. The topological polar surface area (TPSA) is 37.8 Å². The van der Waals surface area contributed by atoms with Crippen molar-refractivity contribution in [2.24, 2.45) is 0 Å². The first-order chi connectivity index (χ1) is 6.93. The fourth-order valence-electron chi connectivity index (χ4n) is 1.77. The molecule has 15 heavy (non-hydrogen) atoms. The van der Waals surface area contributed by atoms with Crippen LogP contribution in [0, 0.1) is 0 Å². The highest BCUT2D eigenvalue weighted by Gasteiger charge is 2.18. The molecule has 4 heteroatoms. The summed E-state index contributed by atoms with van der Waals surface area (Å²) in [7, 11) is 0. The van der Waals surface area contributed by atoms with Gasteiger partial charge in [0.15, 0.2) is 0 Å². The number of rotatable bonds is 1. The first-order valence-corrected chi connectivity index (χ1v) is 4.84. The Morgan fingerprint density at radius 3 is 2.87 bits per heavy atom. The second-order valence-electron chi connectivity index (χ2n) is 3.70. The molecule has 1 N–H and O–H groups in total. The molecule has 0 atom stereocenters. The fraction of sp³-hybridized carbons (Fsp3) is 0.273. The molecule has 1 fully saturated rings. The van der Waals surface area contributed by atoms with E-state index in [0.29, 0.717) is 5.92 Å². The molecular formula is C11H12ClN3. The van der Waals surface area contributed by atoms with Crippen LogP contribution in [0.1, 0.15) is 11.5 Å². The molecule has 0 radical (unpaired) electrons. The van der Waals surface area contributed by atoms with Crippen molar-refractivity contribution in [3.8, 4) is 0 Å². The molecular weight excluding hydrogens is 210 g/mol. The van der Waals surface area contributed by atoms with Crippen LogP contribution < -0.4 is 5.32 Å². The Balaban J connectivity index is 0.000000853. The summed E-state index contributed by atoms with van der Waals surface area (Å²) in [6.45, 7) is 2.19. The SMILES string of the molecule is Cl.c1ncc2ccc(C3CNC3)cc2n1. The maximum Gasteiger partial charge on any atom is 0.116 e. The van der Waals surface area contributed by atoms with Crippen LogP contribution in [0.5, 0.6) is 0 Å². The number of benzene rings is 1. The molecule has 0 aliphatic carbocycles. The zero-order chi connectivity index (χ0) is 9.38. The predicted molar refractivity (Wildman–Crippen MR) is 62.4 cm³/mol. The molecule has 0 bridgehead atoms. The Bertz CT molecular complexity index is 468. The zero-order valence-corrected chi connectivity index (χ0v) is 9.00. The molecule has 78 valence electrons. The van der Waals surface area contributed by atoms with Crippen molar-refractivity contribution in [1.82, 2.24) is 15.3 Å². The standard InChI is InChI=1S/C11H11N3.ClH/c1-2-9-4-13-7-14-11(9)3-8(1)10-5-12-6-10;/h1-4,7,10,12H,5-6H2;1H. The summed E-state index contributed by atoms with van der Waals surface area (Å²) in [5.41, 5.74) is 2.43. The van der Waals surface area contributed by atoms with Crippen molar-refractivity contribution in [3.63, 3.8) is 0 Å². The minimum atomic E-state index is 0. The second-order valence-corrected chi connectivity index (χ2v) is 3.70. The average molecular weight is 222 g/mol. The third-order valence-corrected chi connectivity index (χ3v) is 2.78. The van der Waals surface area contributed by atoms with E-state index in [9.17, 15) is 0 Å². The monoisotopic (exact) mass is 221 g/mol. The zero-order valence-electron chi connectivity index (χ0n) is 8.18. The van der Waals surface area contributed by atoms with Gasteiger partial charge in [0.25, 0.3) is 0 Å². The molecule has 3 rings (SSSR count). The second kappa shape index (κ2) is 4.13. The highest BCUT2D eigenvalue weighted by Crippen LogP contribution is 2.22. The van der Waals surface area contributed by atoms with E-state index >= 15 is 0 Å². The molecule has 1 saturated heterocycles. The van der Waals surface area contributed by atoms with E-state index in [-0.39, 0.29) is 12.4 Å². The normalized spacial score (nSPS) is 15.7. The number of fused-ring (bicyclic) bond motifs is 1. The minimum Gasteiger partial charge on any atom is -0.315 e. The number of nitrogens with one attached hydrogen (secondary N) is 1. The van der Waals surface area contributed by atoms with Gasteiger partial charge < -0.3 is 5.32 Å². The van der Waals surface area contributed by atoms with Crippen molar-refractivity contribution < 1.29 is 0 Å².